The Balaban J connectivity index is 1.50. The molecule has 0 saturated heterocycles. The highest BCUT2D eigenvalue weighted by Gasteiger charge is 2.18. The molecule has 0 fully saturated rings. The van der Waals surface area contributed by atoms with Gasteiger partial charge in [0.1, 0.15) is 4.92 Å². The van der Waals surface area contributed by atoms with Gasteiger partial charge in [-0.05, 0) is 18.2 Å². The van der Waals surface area contributed by atoms with Crippen LogP contribution in [-0.2, 0) is 4.79 Å². The summed E-state index contributed by atoms with van der Waals surface area (Å²) in [6.45, 7) is 0. The van der Waals surface area contributed by atoms with Gasteiger partial charge < -0.3 is 8.83 Å². The summed E-state index contributed by atoms with van der Waals surface area (Å²) in [6, 6.07) is 7.83. The molecule has 3 aromatic rings. The summed E-state index contributed by atoms with van der Waals surface area (Å²) in [4.78, 5) is 25.6. The largest absolute Gasteiger partial charge is 0.433 e. The summed E-state index contributed by atoms with van der Waals surface area (Å²) in [5.74, 6) is -0.776. The SMILES string of the molecule is O=C(CSc1nnc(-c2ccc([N+](=O)[O-])o2)o1)N/N=C/c1ccccn1. The summed E-state index contributed by atoms with van der Waals surface area (Å²) in [7, 11) is 0. The molecule has 132 valence electrons. The Labute approximate surface area is 149 Å². The van der Waals surface area contributed by atoms with Gasteiger partial charge in [0.2, 0.25) is 0 Å². The topological polar surface area (TPSA) is 150 Å². The number of furan rings is 1. The summed E-state index contributed by atoms with van der Waals surface area (Å²) in [6.07, 6.45) is 3.02. The number of thioether (sulfide) groups is 1. The molecule has 0 bridgehead atoms. The molecule has 0 saturated carbocycles. The normalized spacial score (nSPS) is 10.9. The summed E-state index contributed by atoms with van der Waals surface area (Å²) in [5, 5.41) is 21.9. The fourth-order valence-corrected chi connectivity index (χ4v) is 2.25. The summed E-state index contributed by atoms with van der Waals surface area (Å²) < 4.78 is 10.2. The standard InChI is InChI=1S/C14H10N6O5S/c21-11(17-16-7-9-3-1-2-6-15-9)8-26-14-19-18-13(25-14)10-4-5-12(24-10)20(22)23/h1-7H,8H2,(H,17,21)/b16-7+. The van der Waals surface area contributed by atoms with Gasteiger partial charge in [0, 0.05) is 6.20 Å². The molecule has 3 rings (SSSR count). The summed E-state index contributed by atoms with van der Waals surface area (Å²) >= 11 is 0.986. The number of hydrazone groups is 1. The van der Waals surface area contributed by atoms with Crippen molar-refractivity contribution in [1.29, 1.82) is 0 Å². The zero-order valence-corrected chi connectivity index (χ0v) is 13.8. The van der Waals surface area contributed by atoms with Gasteiger partial charge in [0.25, 0.3) is 17.0 Å². The molecule has 26 heavy (non-hydrogen) atoms. The van der Waals surface area contributed by atoms with E-state index in [1.165, 1.54) is 18.3 Å². The minimum Gasteiger partial charge on any atom is -0.408 e. The van der Waals surface area contributed by atoms with Crippen LogP contribution >= 0.6 is 11.8 Å². The van der Waals surface area contributed by atoms with E-state index in [0.717, 1.165) is 11.8 Å². The van der Waals surface area contributed by atoms with E-state index in [-0.39, 0.29) is 28.5 Å². The molecule has 3 aromatic heterocycles. The van der Waals surface area contributed by atoms with Gasteiger partial charge in [-0.2, -0.15) is 5.10 Å². The van der Waals surface area contributed by atoms with Crippen molar-refractivity contribution in [2.45, 2.75) is 5.22 Å². The third-order valence-corrected chi connectivity index (χ3v) is 3.61. The van der Waals surface area contributed by atoms with Crippen molar-refractivity contribution in [2.24, 2.45) is 5.10 Å². The Morgan fingerprint density at radius 2 is 2.19 bits per heavy atom. The Morgan fingerprint density at radius 3 is 2.92 bits per heavy atom. The van der Waals surface area contributed by atoms with Crippen LogP contribution in [0.25, 0.3) is 11.7 Å². The van der Waals surface area contributed by atoms with E-state index >= 15 is 0 Å². The second kappa shape index (κ2) is 8.02. The van der Waals surface area contributed by atoms with Crippen molar-refractivity contribution in [3.8, 4) is 11.7 Å². The van der Waals surface area contributed by atoms with Crippen LogP contribution in [0.15, 0.2) is 55.7 Å². The second-order valence-electron chi connectivity index (χ2n) is 4.60. The maximum atomic E-state index is 11.7. The average molecular weight is 374 g/mol. The number of hydrogen-bond acceptors (Lipinski definition) is 10. The maximum Gasteiger partial charge on any atom is 0.433 e. The van der Waals surface area contributed by atoms with Gasteiger partial charge in [-0.1, -0.05) is 17.8 Å². The van der Waals surface area contributed by atoms with Crippen molar-refractivity contribution in [1.82, 2.24) is 20.6 Å². The lowest BCUT2D eigenvalue weighted by molar-refractivity contribution is -0.401. The fourth-order valence-electron chi connectivity index (χ4n) is 1.69. The van der Waals surface area contributed by atoms with E-state index in [4.69, 9.17) is 8.83 Å². The third kappa shape index (κ3) is 4.51. The van der Waals surface area contributed by atoms with Gasteiger partial charge in [0.15, 0.2) is 5.76 Å². The number of carbonyl (C=O) groups is 1. The maximum absolute atomic E-state index is 11.7. The smallest absolute Gasteiger partial charge is 0.408 e. The number of aromatic nitrogens is 3. The lowest BCUT2D eigenvalue weighted by Gasteiger charge is -1.96. The van der Waals surface area contributed by atoms with E-state index in [0.29, 0.717) is 5.69 Å². The van der Waals surface area contributed by atoms with Crippen LogP contribution in [0.4, 0.5) is 5.88 Å². The number of nitrogens with zero attached hydrogens (tertiary/aromatic N) is 5. The van der Waals surface area contributed by atoms with Crippen LogP contribution < -0.4 is 5.43 Å². The minimum atomic E-state index is -0.675. The Kier molecular flexibility index (Phi) is 5.34. The molecule has 0 aliphatic heterocycles. The van der Waals surface area contributed by atoms with Gasteiger partial charge in [-0.25, -0.2) is 5.43 Å². The first-order chi connectivity index (χ1) is 12.6. The first-order valence-corrected chi connectivity index (χ1v) is 8.04. The van der Waals surface area contributed by atoms with Crippen LogP contribution in [0.2, 0.25) is 0 Å². The first kappa shape index (κ1) is 17.3. The van der Waals surface area contributed by atoms with Crippen LogP contribution in [0.5, 0.6) is 0 Å². The molecule has 1 amide bonds. The Hall–Kier alpha value is -3.54. The molecule has 0 spiro atoms. The molecular formula is C14H10N6O5S. The second-order valence-corrected chi connectivity index (χ2v) is 5.53. The number of nitro groups is 1. The Morgan fingerprint density at radius 1 is 1.31 bits per heavy atom. The average Bonchev–Trinajstić information content (AvgIpc) is 3.30. The number of carbonyl (C=O) groups excluding carboxylic acids is 1. The van der Waals surface area contributed by atoms with Crippen molar-refractivity contribution in [2.75, 3.05) is 5.75 Å². The van der Waals surface area contributed by atoms with Crippen LogP contribution in [0, 0.1) is 10.1 Å². The number of rotatable bonds is 7. The molecule has 3 heterocycles. The van der Waals surface area contributed by atoms with Crippen molar-refractivity contribution in [3.63, 3.8) is 0 Å². The molecule has 0 atom stereocenters. The molecule has 0 radical (unpaired) electrons. The lowest BCUT2D eigenvalue weighted by atomic mass is 10.4. The van der Waals surface area contributed by atoms with E-state index in [1.807, 2.05) is 0 Å². The van der Waals surface area contributed by atoms with E-state index in [2.05, 4.69) is 25.7 Å². The highest BCUT2D eigenvalue weighted by atomic mass is 32.2. The Bertz CT molecular complexity index is 938. The fraction of sp³-hybridized carbons (Fsp3) is 0.0714. The molecule has 0 aliphatic carbocycles. The quantitative estimate of drug-likeness (QED) is 0.283. The van der Waals surface area contributed by atoms with Gasteiger partial charge in [0.05, 0.1) is 23.7 Å². The van der Waals surface area contributed by atoms with Gasteiger partial charge in [-0.3, -0.25) is 19.9 Å². The lowest BCUT2D eigenvalue weighted by Crippen LogP contribution is -2.19. The number of nitrogens with one attached hydrogen (secondary N) is 1. The zero-order chi connectivity index (χ0) is 18.4. The molecule has 0 aromatic carbocycles. The highest BCUT2D eigenvalue weighted by Crippen LogP contribution is 2.27. The minimum absolute atomic E-state index is 0.0144. The van der Waals surface area contributed by atoms with Crippen molar-refractivity contribution >= 4 is 29.8 Å². The monoisotopic (exact) mass is 374 g/mol. The zero-order valence-electron chi connectivity index (χ0n) is 12.9. The predicted molar refractivity (Wildman–Crippen MR) is 89.4 cm³/mol. The number of hydrogen-bond donors (Lipinski definition) is 1. The predicted octanol–water partition coefficient (Wildman–Crippen LogP) is 1.88. The molecule has 0 unspecified atom stereocenters. The highest BCUT2D eigenvalue weighted by molar-refractivity contribution is 7.99. The van der Waals surface area contributed by atoms with Crippen LogP contribution in [-0.4, -0.2) is 38.0 Å². The van der Waals surface area contributed by atoms with Crippen LogP contribution in [0.3, 0.4) is 0 Å². The van der Waals surface area contributed by atoms with Crippen molar-refractivity contribution in [3.05, 3.63) is 52.3 Å². The summed E-state index contributed by atoms with van der Waals surface area (Å²) in [5.41, 5.74) is 2.95. The first-order valence-electron chi connectivity index (χ1n) is 7.05. The third-order valence-electron chi connectivity index (χ3n) is 2.79. The molecule has 0 aliphatic rings. The van der Waals surface area contributed by atoms with Gasteiger partial charge >= 0.3 is 5.88 Å². The van der Waals surface area contributed by atoms with Crippen LogP contribution in [0.1, 0.15) is 5.69 Å². The molecule has 1 N–H and O–H groups in total. The molecule has 12 heteroatoms. The van der Waals surface area contributed by atoms with Gasteiger partial charge in [-0.15, -0.1) is 10.2 Å². The van der Waals surface area contributed by atoms with E-state index in [1.54, 1.807) is 24.4 Å². The van der Waals surface area contributed by atoms with Crippen molar-refractivity contribution < 1.29 is 18.6 Å². The number of amides is 1. The van der Waals surface area contributed by atoms with E-state index in [9.17, 15) is 14.9 Å². The molecular weight excluding hydrogens is 364 g/mol. The number of pyridine rings is 1. The van der Waals surface area contributed by atoms with E-state index < -0.39 is 10.8 Å². The molecule has 11 nitrogen and oxygen atoms in total.